The van der Waals surface area contributed by atoms with Crippen LogP contribution in [0.4, 0.5) is 9.18 Å². The van der Waals surface area contributed by atoms with E-state index in [-0.39, 0.29) is 23.4 Å². The zero-order valence-electron chi connectivity index (χ0n) is 17.5. The van der Waals surface area contributed by atoms with Crippen molar-refractivity contribution in [2.45, 2.75) is 37.8 Å². The molecule has 2 aliphatic rings. The van der Waals surface area contributed by atoms with Gasteiger partial charge >= 0.3 is 6.09 Å². The lowest BCUT2D eigenvalue weighted by Gasteiger charge is -2.42. The predicted molar refractivity (Wildman–Crippen MR) is 109 cm³/mol. The van der Waals surface area contributed by atoms with Crippen molar-refractivity contribution in [1.29, 1.82) is 0 Å². The van der Waals surface area contributed by atoms with Crippen molar-refractivity contribution in [1.82, 2.24) is 20.2 Å². The molecule has 1 aromatic heterocycles. The zero-order chi connectivity index (χ0) is 21.4. The molecule has 1 N–H and O–H groups in total. The molecule has 2 fully saturated rings. The number of hydrogen-bond donors (Lipinski definition) is 1. The van der Waals surface area contributed by atoms with Gasteiger partial charge in [0.05, 0.1) is 24.7 Å². The first-order valence-electron chi connectivity index (χ1n) is 10.1. The highest BCUT2D eigenvalue weighted by Crippen LogP contribution is 2.38. The molecule has 0 radical (unpaired) electrons. The summed E-state index contributed by atoms with van der Waals surface area (Å²) < 4.78 is 24.3. The summed E-state index contributed by atoms with van der Waals surface area (Å²) in [6.45, 7) is 8.25. The minimum absolute atomic E-state index is 0.167. The summed E-state index contributed by atoms with van der Waals surface area (Å²) in [5.74, 6) is 0.361. The maximum absolute atomic E-state index is 13.3. The fourth-order valence-electron chi connectivity index (χ4n) is 3.76. The average Bonchev–Trinajstić information content (AvgIpc) is 2.68. The number of carbonyl (C=O) groups is 1. The van der Waals surface area contributed by atoms with E-state index < -0.39 is 5.60 Å². The molecular weight excluding hydrogens is 387 g/mol. The SMILES string of the molecule is CC(C)(C)OC(=O)N1CCNC(c2ncc(C3(c4ccc(F)cc4)COC3)cn2)C1. The van der Waals surface area contributed by atoms with Crippen LogP contribution in [0.5, 0.6) is 0 Å². The third-order valence-corrected chi connectivity index (χ3v) is 5.46. The quantitative estimate of drug-likeness (QED) is 0.832. The smallest absolute Gasteiger partial charge is 0.410 e. The Labute approximate surface area is 175 Å². The maximum atomic E-state index is 13.3. The molecule has 4 rings (SSSR count). The van der Waals surface area contributed by atoms with Crippen molar-refractivity contribution < 1.29 is 18.7 Å². The second-order valence-corrected chi connectivity index (χ2v) is 8.84. The van der Waals surface area contributed by atoms with Gasteiger partial charge in [-0.15, -0.1) is 0 Å². The molecule has 2 aromatic rings. The van der Waals surface area contributed by atoms with Gasteiger partial charge in [0, 0.05) is 37.6 Å². The van der Waals surface area contributed by atoms with Crippen molar-refractivity contribution in [2.24, 2.45) is 0 Å². The third kappa shape index (κ3) is 4.15. The van der Waals surface area contributed by atoms with E-state index in [0.717, 1.165) is 11.1 Å². The molecule has 8 heteroatoms. The molecule has 0 bridgehead atoms. The van der Waals surface area contributed by atoms with Gasteiger partial charge in [0.15, 0.2) is 0 Å². The van der Waals surface area contributed by atoms with Crippen LogP contribution in [0.25, 0.3) is 0 Å². The van der Waals surface area contributed by atoms with Crippen LogP contribution in [0.15, 0.2) is 36.7 Å². The molecular formula is C22H27FN4O3. The first kappa shape index (κ1) is 20.7. The first-order valence-corrected chi connectivity index (χ1v) is 10.1. The van der Waals surface area contributed by atoms with Crippen molar-refractivity contribution in [3.63, 3.8) is 0 Å². The summed E-state index contributed by atoms with van der Waals surface area (Å²) in [4.78, 5) is 23.2. The second kappa shape index (κ2) is 7.92. The molecule has 1 atom stereocenters. The maximum Gasteiger partial charge on any atom is 0.410 e. The van der Waals surface area contributed by atoms with Gasteiger partial charge in [0.1, 0.15) is 17.2 Å². The highest BCUT2D eigenvalue weighted by molar-refractivity contribution is 5.68. The van der Waals surface area contributed by atoms with Crippen LogP contribution in [0.1, 0.15) is 43.8 Å². The average molecular weight is 414 g/mol. The first-order chi connectivity index (χ1) is 14.3. The normalized spacial score (nSPS) is 21.1. The standard InChI is InChI=1S/C22H27FN4O3/c1-21(2,3)30-20(28)27-9-8-24-18(12-27)19-25-10-16(11-26-19)22(13-29-14-22)15-4-6-17(23)7-5-15/h4-7,10-11,18,24H,8-9,12-14H2,1-3H3. The van der Waals surface area contributed by atoms with Crippen molar-refractivity contribution in [3.8, 4) is 0 Å². The molecule has 3 heterocycles. The number of aromatic nitrogens is 2. The Morgan fingerprint density at radius 2 is 1.87 bits per heavy atom. The number of nitrogens with zero attached hydrogens (tertiary/aromatic N) is 3. The van der Waals surface area contributed by atoms with Crippen LogP contribution in [0.3, 0.4) is 0 Å². The number of benzene rings is 1. The van der Waals surface area contributed by atoms with Gasteiger partial charge in [0.2, 0.25) is 0 Å². The Balaban J connectivity index is 1.49. The number of amides is 1. The fourth-order valence-corrected chi connectivity index (χ4v) is 3.76. The van der Waals surface area contributed by atoms with Crippen LogP contribution in [0, 0.1) is 5.82 Å². The minimum Gasteiger partial charge on any atom is -0.444 e. The zero-order valence-corrected chi connectivity index (χ0v) is 17.5. The monoisotopic (exact) mass is 414 g/mol. The number of halogens is 1. The number of hydrogen-bond acceptors (Lipinski definition) is 6. The molecule has 0 saturated carbocycles. The minimum atomic E-state index is -0.533. The van der Waals surface area contributed by atoms with Crippen molar-refractivity contribution >= 4 is 6.09 Å². The summed E-state index contributed by atoms with van der Waals surface area (Å²) >= 11 is 0. The van der Waals surface area contributed by atoms with Gasteiger partial charge in [-0.25, -0.2) is 19.2 Å². The lowest BCUT2D eigenvalue weighted by atomic mass is 9.74. The van der Waals surface area contributed by atoms with Crippen LogP contribution in [-0.4, -0.2) is 59.4 Å². The van der Waals surface area contributed by atoms with Crippen molar-refractivity contribution in [3.05, 3.63) is 59.4 Å². The third-order valence-electron chi connectivity index (χ3n) is 5.46. The largest absolute Gasteiger partial charge is 0.444 e. The van der Waals surface area contributed by atoms with Gasteiger partial charge < -0.3 is 19.7 Å². The Hall–Kier alpha value is -2.58. The summed E-state index contributed by atoms with van der Waals surface area (Å²) in [7, 11) is 0. The number of nitrogens with one attached hydrogen (secondary N) is 1. The molecule has 2 saturated heterocycles. The summed E-state index contributed by atoms with van der Waals surface area (Å²) in [5.41, 5.74) is 1.03. The van der Waals surface area contributed by atoms with E-state index in [2.05, 4.69) is 15.3 Å². The fraction of sp³-hybridized carbons (Fsp3) is 0.500. The van der Waals surface area contributed by atoms with E-state index in [0.29, 0.717) is 38.7 Å². The molecule has 1 unspecified atom stereocenters. The Bertz CT molecular complexity index is 892. The lowest BCUT2D eigenvalue weighted by Crippen LogP contribution is -2.50. The van der Waals surface area contributed by atoms with Crippen molar-refractivity contribution in [2.75, 3.05) is 32.8 Å². The lowest BCUT2D eigenvalue weighted by molar-refractivity contribution is -0.0383. The molecule has 30 heavy (non-hydrogen) atoms. The van der Waals surface area contributed by atoms with E-state index in [4.69, 9.17) is 9.47 Å². The highest BCUT2D eigenvalue weighted by Gasteiger charge is 2.43. The molecule has 1 aromatic carbocycles. The Morgan fingerprint density at radius 1 is 1.20 bits per heavy atom. The molecule has 2 aliphatic heterocycles. The number of piperazine rings is 1. The number of ether oxygens (including phenoxy) is 2. The molecule has 0 spiro atoms. The predicted octanol–water partition coefficient (Wildman–Crippen LogP) is 2.81. The molecule has 0 aliphatic carbocycles. The molecule has 1 amide bonds. The van der Waals surface area contributed by atoms with Gasteiger partial charge in [-0.1, -0.05) is 12.1 Å². The van der Waals surface area contributed by atoms with E-state index in [9.17, 15) is 9.18 Å². The van der Waals surface area contributed by atoms with E-state index in [1.807, 2.05) is 33.2 Å². The van der Waals surface area contributed by atoms with E-state index in [1.165, 1.54) is 12.1 Å². The number of rotatable bonds is 3. The van der Waals surface area contributed by atoms with Crippen LogP contribution in [0.2, 0.25) is 0 Å². The van der Waals surface area contributed by atoms with Gasteiger partial charge in [0.25, 0.3) is 0 Å². The summed E-state index contributed by atoms with van der Waals surface area (Å²) in [6, 6.07) is 6.32. The van der Waals surface area contributed by atoms with E-state index in [1.54, 1.807) is 17.0 Å². The highest BCUT2D eigenvalue weighted by atomic mass is 19.1. The van der Waals surface area contributed by atoms with Gasteiger partial charge in [-0.3, -0.25) is 0 Å². The van der Waals surface area contributed by atoms with Crippen LogP contribution in [-0.2, 0) is 14.9 Å². The van der Waals surface area contributed by atoms with E-state index >= 15 is 0 Å². The second-order valence-electron chi connectivity index (χ2n) is 8.84. The molecule has 160 valence electrons. The van der Waals surface area contributed by atoms with Gasteiger partial charge in [-0.05, 0) is 38.5 Å². The summed E-state index contributed by atoms with van der Waals surface area (Å²) in [5, 5.41) is 3.37. The Morgan fingerprint density at radius 3 is 2.43 bits per heavy atom. The number of carbonyl (C=O) groups excluding carboxylic acids is 1. The van der Waals surface area contributed by atoms with Gasteiger partial charge in [-0.2, -0.15) is 0 Å². The van der Waals surface area contributed by atoms with Crippen LogP contribution >= 0.6 is 0 Å². The molecule has 7 nitrogen and oxygen atoms in total. The van der Waals surface area contributed by atoms with Crippen LogP contribution < -0.4 is 5.32 Å². The topological polar surface area (TPSA) is 76.6 Å². The Kier molecular flexibility index (Phi) is 5.46. The summed E-state index contributed by atoms with van der Waals surface area (Å²) in [6.07, 6.45) is 3.29.